The lowest BCUT2D eigenvalue weighted by atomic mass is 9.48. The lowest BCUT2D eigenvalue weighted by Gasteiger charge is -2.59. The molecular formula is C23H26Cl2N6. The fourth-order valence-corrected chi connectivity index (χ4v) is 6.64. The number of hydrogen-bond donors (Lipinski definition) is 3. The van der Waals surface area contributed by atoms with E-state index in [4.69, 9.17) is 28.9 Å². The molecule has 1 aromatic carbocycles. The third-order valence-corrected chi connectivity index (χ3v) is 8.06. The summed E-state index contributed by atoms with van der Waals surface area (Å²) in [6.07, 6.45) is 7.75. The van der Waals surface area contributed by atoms with Crippen LogP contribution in [0.25, 0.3) is 0 Å². The molecule has 4 N–H and O–H groups in total. The van der Waals surface area contributed by atoms with Crippen molar-refractivity contribution in [3.63, 3.8) is 0 Å². The van der Waals surface area contributed by atoms with Crippen LogP contribution in [0.15, 0.2) is 24.4 Å². The fourth-order valence-electron chi connectivity index (χ4n) is 6.26. The molecule has 6 nitrogen and oxygen atoms in total. The highest BCUT2D eigenvalue weighted by Crippen LogP contribution is 2.59. The van der Waals surface area contributed by atoms with Crippen LogP contribution in [0.5, 0.6) is 0 Å². The van der Waals surface area contributed by atoms with Crippen LogP contribution in [0.3, 0.4) is 0 Å². The molecule has 1 aromatic heterocycles. The number of benzene rings is 1. The van der Waals surface area contributed by atoms with E-state index >= 15 is 0 Å². The quantitative estimate of drug-likeness (QED) is 0.575. The first-order valence-corrected chi connectivity index (χ1v) is 11.6. The Morgan fingerprint density at radius 2 is 1.94 bits per heavy atom. The molecule has 4 saturated carbocycles. The number of rotatable bonds is 6. The van der Waals surface area contributed by atoms with Gasteiger partial charge in [-0.25, -0.2) is 4.98 Å². The first-order valence-electron chi connectivity index (χ1n) is 10.9. The molecule has 0 spiro atoms. The summed E-state index contributed by atoms with van der Waals surface area (Å²) in [6.45, 7) is 1.27. The number of halogens is 2. The van der Waals surface area contributed by atoms with E-state index < -0.39 is 0 Å². The summed E-state index contributed by atoms with van der Waals surface area (Å²) < 4.78 is 0. The summed E-state index contributed by atoms with van der Waals surface area (Å²) in [6, 6.07) is 7.91. The van der Waals surface area contributed by atoms with Gasteiger partial charge in [0, 0.05) is 29.2 Å². The Bertz CT molecular complexity index is 1020. The predicted molar refractivity (Wildman–Crippen MR) is 123 cm³/mol. The van der Waals surface area contributed by atoms with E-state index in [0.29, 0.717) is 51.8 Å². The number of nitriles is 1. The minimum atomic E-state index is 0.270. The zero-order valence-corrected chi connectivity index (χ0v) is 18.8. The third kappa shape index (κ3) is 4.07. The summed E-state index contributed by atoms with van der Waals surface area (Å²) in [5.41, 5.74) is 8.07. The summed E-state index contributed by atoms with van der Waals surface area (Å²) >= 11 is 12.3. The van der Waals surface area contributed by atoms with Gasteiger partial charge in [0.15, 0.2) is 0 Å². The molecule has 2 unspecified atom stereocenters. The molecule has 6 rings (SSSR count). The maximum atomic E-state index is 9.54. The van der Waals surface area contributed by atoms with Gasteiger partial charge in [-0.05, 0) is 79.0 Å². The summed E-state index contributed by atoms with van der Waals surface area (Å²) in [7, 11) is 0. The van der Waals surface area contributed by atoms with Crippen molar-refractivity contribution >= 4 is 35.0 Å². The fraction of sp³-hybridized carbons (Fsp3) is 0.522. The number of hydrogen-bond acceptors (Lipinski definition) is 6. The summed E-state index contributed by atoms with van der Waals surface area (Å²) in [5.74, 6) is 3.13. The Morgan fingerprint density at radius 3 is 2.68 bits per heavy atom. The van der Waals surface area contributed by atoms with Gasteiger partial charge in [0.2, 0.25) is 5.95 Å². The van der Waals surface area contributed by atoms with Crippen LogP contribution in [-0.4, -0.2) is 22.6 Å². The number of nitrogens with zero attached hydrogens (tertiary/aromatic N) is 3. The molecule has 1 heterocycles. The van der Waals surface area contributed by atoms with Crippen LogP contribution in [-0.2, 0) is 6.54 Å². The van der Waals surface area contributed by atoms with Gasteiger partial charge in [-0.1, -0.05) is 23.2 Å². The Morgan fingerprint density at radius 1 is 1.16 bits per heavy atom. The number of anilines is 2. The van der Waals surface area contributed by atoms with Crippen LogP contribution >= 0.6 is 23.2 Å². The van der Waals surface area contributed by atoms with Crippen LogP contribution in [0.1, 0.15) is 43.2 Å². The summed E-state index contributed by atoms with van der Waals surface area (Å²) in [4.78, 5) is 8.87. The first kappa shape index (κ1) is 20.8. The highest BCUT2D eigenvalue weighted by Gasteiger charge is 2.54. The van der Waals surface area contributed by atoms with Crippen LogP contribution in [0.4, 0.5) is 11.8 Å². The van der Waals surface area contributed by atoms with Gasteiger partial charge >= 0.3 is 0 Å². The molecular weight excluding hydrogens is 431 g/mol. The zero-order valence-electron chi connectivity index (χ0n) is 17.2. The van der Waals surface area contributed by atoms with Gasteiger partial charge in [-0.2, -0.15) is 10.2 Å². The third-order valence-electron chi connectivity index (χ3n) is 7.46. The normalized spacial score (nSPS) is 30.8. The lowest BCUT2D eigenvalue weighted by molar-refractivity contribution is -0.0591. The molecule has 31 heavy (non-hydrogen) atoms. The van der Waals surface area contributed by atoms with E-state index in [1.807, 2.05) is 6.07 Å². The molecule has 0 amide bonds. The number of nitrogens with one attached hydrogen (secondary N) is 2. The number of aromatic nitrogens is 2. The second-order valence-electron chi connectivity index (χ2n) is 9.56. The van der Waals surface area contributed by atoms with Crippen LogP contribution in [0.2, 0.25) is 10.0 Å². The van der Waals surface area contributed by atoms with E-state index in [0.717, 1.165) is 18.0 Å². The molecule has 4 fully saturated rings. The van der Waals surface area contributed by atoms with E-state index in [9.17, 15) is 5.26 Å². The smallest absolute Gasteiger partial charge is 0.224 e. The summed E-state index contributed by atoms with van der Waals surface area (Å²) in [5, 5.41) is 17.5. The highest BCUT2D eigenvalue weighted by molar-refractivity contribution is 6.33. The number of nitrogens with two attached hydrogens (primary N) is 1. The topological polar surface area (TPSA) is 99.6 Å². The van der Waals surface area contributed by atoms with Crippen molar-refractivity contribution in [3.8, 4) is 6.07 Å². The van der Waals surface area contributed by atoms with Crippen molar-refractivity contribution in [1.29, 1.82) is 5.26 Å². The minimum absolute atomic E-state index is 0.270. The van der Waals surface area contributed by atoms with Crippen molar-refractivity contribution < 1.29 is 0 Å². The SMILES string of the molecule is N#Cc1cnc(NCc2cc(Cl)ccc2Cl)nc1NCC12CC3C[C@H](C1)[C@H](N)[C@@H](C3)C2. The van der Waals surface area contributed by atoms with Gasteiger partial charge in [0.1, 0.15) is 17.5 Å². The molecule has 162 valence electrons. The Kier molecular flexibility index (Phi) is 5.45. The van der Waals surface area contributed by atoms with Crippen molar-refractivity contribution in [2.24, 2.45) is 28.9 Å². The zero-order chi connectivity index (χ0) is 21.6. The van der Waals surface area contributed by atoms with Crippen molar-refractivity contribution in [2.75, 3.05) is 17.2 Å². The van der Waals surface area contributed by atoms with E-state index in [1.165, 1.54) is 32.1 Å². The Balaban J connectivity index is 1.29. The molecule has 4 bridgehead atoms. The maximum Gasteiger partial charge on any atom is 0.224 e. The predicted octanol–water partition coefficient (Wildman–Crippen LogP) is 4.83. The Labute approximate surface area is 192 Å². The average Bonchev–Trinajstić information content (AvgIpc) is 2.76. The van der Waals surface area contributed by atoms with E-state index in [2.05, 4.69) is 26.7 Å². The monoisotopic (exact) mass is 456 g/mol. The molecule has 0 radical (unpaired) electrons. The molecule has 5 atom stereocenters. The standard InChI is InChI=1S/C23H26Cl2N6/c24-18-1-2-19(25)16(5-18)10-28-22-29-11-17(9-26)21(31-22)30-12-23-6-13-3-14(7-23)20(27)15(4-13)8-23/h1-2,5,11,13-15,20H,3-4,6-8,10,12,27H2,(H2,28,29,30,31)/t13?,14-,15+,20+,23?. The average molecular weight is 457 g/mol. The van der Waals surface area contributed by atoms with E-state index in [1.54, 1.807) is 18.3 Å². The van der Waals surface area contributed by atoms with Gasteiger partial charge < -0.3 is 16.4 Å². The Hall–Kier alpha value is -2.07. The van der Waals surface area contributed by atoms with Crippen molar-refractivity contribution in [2.45, 2.75) is 44.7 Å². The molecule has 0 aliphatic heterocycles. The lowest BCUT2D eigenvalue weighted by Crippen LogP contribution is -2.58. The van der Waals surface area contributed by atoms with Crippen molar-refractivity contribution in [1.82, 2.24) is 9.97 Å². The van der Waals surface area contributed by atoms with Gasteiger partial charge in [-0.3, -0.25) is 0 Å². The largest absolute Gasteiger partial charge is 0.368 e. The second kappa shape index (κ2) is 8.12. The first-order chi connectivity index (χ1) is 14.9. The molecule has 4 aliphatic rings. The maximum absolute atomic E-state index is 9.54. The second-order valence-corrected chi connectivity index (χ2v) is 10.4. The molecule has 0 saturated heterocycles. The van der Waals surface area contributed by atoms with Gasteiger partial charge in [-0.15, -0.1) is 0 Å². The van der Waals surface area contributed by atoms with Crippen LogP contribution < -0.4 is 16.4 Å². The highest BCUT2D eigenvalue weighted by atomic mass is 35.5. The van der Waals surface area contributed by atoms with Gasteiger partial charge in [0.25, 0.3) is 0 Å². The van der Waals surface area contributed by atoms with Gasteiger partial charge in [0.05, 0.1) is 6.20 Å². The van der Waals surface area contributed by atoms with Crippen molar-refractivity contribution in [3.05, 3.63) is 45.6 Å². The molecule has 4 aliphatic carbocycles. The minimum Gasteiger partial charge on any atom is -0.368 e. The molecule has 2 aromatic rings. The molecule has 8 heteroatoms. The van der Waals surface area contributed by atoms with Crippen LogP contribution in [0, 0.1) is 34.5 Å². The van der Waals surface area contributed by atoms with E-state index in [-0.39, 0.29) is 5.41 Å².